The molecule has 0 aliphatic carbocycles. The SMILES string of the molecule is COc1ccc2oc(C(=O)NCC3(c4cccc(Br)c4)CCOCC3)c(C)c2c1. The minimum absolute atomic E-state index is 0.152. The molecule has 1 aromatic heterocycles. The molecule has 3 aromatic rings. The van der Waals surface area contributed by atoms with Gasteiger partial charge in [0.2, 0.25) is 0 Å². The molecule has 1 saturated heterocycles. The summed E-state index contributed by atoms with van der Waals surface area (Å²) in [7, 11) is 1.62. The highest BCUT2D eigenvalue weighted by atomic mass is 79.9. The Hall–Kier alpha value is -2.31. The average molecular weight is 458 g/mol. The van der Waals surface area contributed by atoms with Crippen molar-refractivity contribution >= 4 is 32.8 Å². The Bertz CT molecular complexity index is 1040. The van der Waals surface area contributed by atoms with Gasteiger partial charge in [0, 0.05) is 40.6 Å². The number of ether oxygens (including phenoxy) is 2. The lowest BCUT2D eigenvalue weighted by molar-refractivity contribution is 0.0484. The van der Waals surface area contributed by atoms with Crippen molar-refractivity contribution in [1.82, 2.24) is 5.32 Å². The molecule has 2 aromatic carbocycles. The van der Waals surface area contributed by atoms with E-state index in [-0.39, 0.29) is 11.3 Å². The Labute approximate surface area is 178 Å². The highest BCUT2D eigenvalue weighted by Crippen LogP contribution is 2.36. The number of furan rings is 1. The van der Waals surface area contributed by atoms with Crippen LogP contribution in [0.5, 0.6) is 5.75 Å². The van der Waals surface area contributed by atoms with E-state index in [2.05, 4.69) is 33.4 Å². The minimum atomic E-state index is -0.196. The molecule has 4 rings (SSSR count). The molecule has 6 heteroatoms. The Morgan fingerprint density at radius 3 is 2.72 bits per heavy atom. The van der Waals surface area contributed by atoms with Crippen LogP contribution in [0, 0.1) is 6.92 Å². The van der Waals surface area contributed by atoms with Crippen molar-refractivity contribution in [2.75, 3.05) is 26.9 Å². The topological polar surface area (TPSA) is 60.7 Å². The highest BCUT2D eigenvalue weighted by Gasteiger charge is 2.35. The van der Waals surface area contributed by atoms with Crippen LogP contribution < -0.4 is 10.1 Å². The number of hydrogen-bond acceptors (Lipinski definition) is 4. The highest BCUT2D eigenvalue weighted by molar-refractivity contribution is 9.10. The summed E-state index contributed by atoms with van der Waals surface area (Å²) in [6, 6.07) is 13.9. The Morgan fingerprint density at radius 1 is 1.21 bits per heavy atom. The third-order valence-electron chi connectivity index (χ3n) is 5.82. The monoisotopic (exact) mass is 457 g/mol. The third kappa shape index (κ3) is 3.91. The summed E-state index contributed by atoms with van der Waals surface area (Å²) in [5, 5.41) is 4.01. The Morgan fingerprint density at radius 2 is 2.00 bits per heavy atom. The van der Waals surface area contributed by atoms with E-state index in [1.165, 1.54) is 5.56 Å². The summed E-state index contributed by atoms with van der Waals surface area (Å²) < 4.78 is 17.8. The van der Waals surface area contributed by atoms with Crippen molar-refractivity contribution in [3.8, 4) is 5.75 Å². The van der Waals surface area contributed by atoms with E-state index in [4.69, 9.17) is 13.9 Å². The fourth-order valence-electron chi connectivity index (χ4n) is 4.02. The first-order valence-electron chi connectivity index (χ1n) is 9.71. The second kappa shape index (κ2) is 8.20. The van der Waals surface area contributed by atoms with E-state index in [9.17, 15) is 4.79 Å². The summed E-state index contributed by atoms with van der Waals surface area (Å²) in [5.74, 6) is 0.896. The quantitative estimate of drug-likeness (QED) is 0.585. The number of halogens is 1. The molecule has 1 amide bonds. The van der Waals surface area contributed by atoms with Gasteiger partial charge in [-0.2, -0.15) is 0 Å². The molecule has 0 bridgehead atoms. The lowest BCUT2D eigenvalue weighted by atomic mass is 9.74. The van der Waals surface area contributed by atoms with Gasteiger partial charge < -0.3 is 19.2 Å². The molecule has 1 aliphatic rings. The van der Waals surface area contributed by atoms with Gasteiger partial charge in [-0.1, -0.05) is 28.1 Å². The summed E-state index contributed by atoms with van der Waals surface area (Å²) in [4.78, 5) is 13.0. The number of benzene rings is 2. The number of amides is 1. The van der Waals surface area contributed by atoms with Gasteiger partial charge in [-0.25, -0.2) is 0 Å². The van der Waals surface area contributed by atoms with Crippen molar-refractivity contribution in [3.05, 3.63) is 63.8 Å². The first-order chi connectivity index (χ1) is 14.0. The van der Waals surface area contributed by atoms with Gasteiger partial charge in [0.05, 0.1) is 7.11 Å². The predicted octanol–water partition coefficient (Wildman–Crippen LogP) is 4.99. The zero-order chi connectivity index (χ0) is 20.4. The van der Waals surface area contributed by atoms with Crippen LogP contribution in [0.4, 0.5) is 0 Å². The van der Waals surface area contributed by atoms with Crippen LogP contribution in [0.1, 0.15) is 34.5 Å². The zero-order valence-corrected chi connectivity index (χ0v) is 18.2. The molecule has 152 valence electrons. The van der Waals surface area contributed by atoms with Gasteiger partial charge in [-0.3, -0.25) is 4.79 Å². The fourth-order valence-corrected chi connectivity index (χ4v) is 4.42. The molecule has 0 radical (unpaired) electrons. The van der Waals surface area contributed by atoms with Crippen molar-refractivity contribution in [2.24, 2.45) is 0 Å². The molecule has 0 saturated carbocycles. The first-order valence-corrected chi connectivity index (χ1v) is 10.5. The second-order valence-electron chi connectivity index (χ2n) is 7.50. The van der Waals surface area contributed by atoms with E-state index in [0.717, 1.165) is 34.0 Å². The molecule has 1 N–H and O–H groups in total. The van der Waals surface area contributed by atoms with E-state index in [1.807, 2.05) is 37.3 Å². The van der Waals surface area contributed by atoms with Crippen molar-refractivity contribution in [3.63, 3.8) is 0 Å². The number of methoxy groups -OCH3 is 1. The van der Waals surface area contributed by atoms with Crippen LogP contribution in [-0.4, -0.2) is 32.8 Å². The average Bonchev–Trinajstić information content (AvgIpc) is 3.08. The van der Waals surface area contributed by atoms with Crippen LogP contribution in [0.25, 0.3) is 11.0 Å². The van der Waals surface area contributed by atoms with Crippen molar-refractivity contribution in [2.45, 2.75) is 25.2 Å². The maximum atomic E-state index is 13.0. The number of carbonyl (C=O) groups is 1. The molecule has 1 aliphatic heterocycles. The smallest absolute Gasteiger partial charge is 0.287 e. The zero-order valence-electron chi connectivity index (χ0n) is 16.6. The van der Waals surface area contributed by atoms with Gasteiger partial charge >= 0.3 is 0 Å². The largest absolute Gasteiger partial charge is 0.497 e. The van der Waals surface area contributed by atoms with Gasteiger partial charge in [0.15, 0.2) is 5.76 Å². The second-order valence-corrected chi connectivity index (χ2v) is 8.42. The number of rotatable bonds is 5. The molecular formula is C23H24BrNO4. The number of carbonyl (C=O) groups excluding carboxylic acids is 1. The van der Waals surface area contributed by atoms with Crippen molar-refractivity contribution in [1.29, 1.82) is 0 Å². The number of aryl methyl sites for hydroxylation is 1. The number of fused-ring (bicyclic) bond motifs is 1. The lowest BCUT2D eigenvalue weighted by Gasteiger charge is -2.38. The van der Waals surface area contributed by atoms with Crippen LogP contribution in [0.2, 0.25) is 0 Å². The van der Waals surface area contributed by atoms with Crippen LogP contribution in [0.15, 0.2) is 51.4 Å². The van der Waals surface area contributed by atoms with Gasteiger partial charge in [-0.05, 0) is 55.7 Å². The van der Waals surface area contributed by atoms with Gasteiger partial charge in [0.1, 0.15) is 11.3 Å². The molecule has 0 spiro atoms. The van der Waals surface area contributed by atoms with E-state index in [1.54, 1.807) is 7.11 Å². The molecule has 29 heavy (non-hydrogen) atoms. The molecule has 1 fully saturated rings. The lowest BCUT2D eigenvalue weighted by Crippen LogP contribution is -2.44. The normalized spacial score (nSPS) is 16.0. The van der Waals surface area contributed by atoms with Crippen LogP contribution in [-0.2, 0) is 10.2 Å². The molecular weight excluding hydrogens is 434 g/mol. The van der Waals surface area contributed by atoms with E-state index in [0.29, 0.717) is 31.1 Å². The number of nitrogens with one attached hydrogen (secondary N) is 1. The maximum Gasteiger partial charge on any atom is 0.287 e. The third-order valence-corrected chi connectivity index (χ3v) is 6.32. The van der Waals surface area contributed by atoms with E-state index < -0.39 is 0 Å². The van der Waals surface area contributed by atoms with Crippen LogP contribution >= 0.6 is 15.9 Å². The summed E-state index contributed by atoms with van der Waals surface area (Å²) >= 11 is 3.57. The maximum absolute atomic E-state index is 13.0. The molecule has 5 nitrogen and oxygen atoms in total. The fraction of sp³-hybridized carbons (Fsp3) is 0.348. The van der Waals surface area contributed by atoms with Gasteiger partial charge in [-0.15, -0.1) is 0 Å². The summed E-state index contributed by atoms with van der Waals surface area (Å²) in [5.41, 5.74) is 2.56. The van der Waals surface area contributed by atoms with Crippen LogP contribution in [0.3, 0.4) is 0 Å². The predicted molar refractivity (Wildman–Crippen MR) is 116 cm³/mol. The molecule has 0 unspecified atom stereocenters. The molecule has 0 atom stereocenters. The summed E-state index contributed by atoms with van der Waals surface area (Å²) in [6.07, 6.45) is 1.72. The van der Waals surface area contributed by atoms with Crippen molar-refractivity contribution < 1.29 is 18.7 Å². The first kappa shape index (κ1) is 20.0. The molecule has 2 heterocycles. The summed E-state index contributed by atoms with van der Waals surface area (Å²) in [6.45, 7) is 3.81. The number of hydrogen-bond donors (Lipinski definition) is 1. The Balaban J connectivity index is 1.59. The Kier molecular flexibility index (Phi) is 5.65. The van der Waals surface area contributed by atoms with E-state index >= 15 is 0 Å². The van der Waals surface area contributed by atoms with Gasteiger partial charge in [0.25, 0.3) is 5.91 Å². The minimum Gasteiger partial charge on any atom is -0.497 e. The standard InChI is InChI=1S/C23H24BrNO4/c1-15-19-13-18(27-2)6-7-20(19)29-21(15)22(26)25-14-23(8-10-28-11-9-23)16-4-3-5-17(24)12-16/h3-7,12-13H,8-11,14H2,1-2H3,(H,25,26).